The fraction of sp³-hybridized carbons (Fsp3) is 0.227. The lowest BCUT2D eigenvalue weighted by Crippen LogP contribution is -2.49. The second-order valence-electron chi connectivity index (χ2n) is 7.06. The summed E-state index contributed by atoms with van der Waals surface area (Å²) in [5.74, 6) is -1.75. The lowest BCUT2D eigenvalue weighted by atomic mass is 9.92. The molecule has 2 atom stereocenters. The summed E-state index contributed by atoms with van der Waals surface area (Å²) in [6, 6.07) is 16.0. The Bertz CT molecular complexity index is 1040. The molecule has 1 heterocycles. The summed E-state index contributed by atoms with van der Waals surface area (Å²) in [5, 5.41) is 18.9. The van der Waals surface area contributed by atoms with E-state index in [-0.39, 0.29) is 18.7 Å². The Balaban J connectivity index is 1.70. The molecule has 2 amide bonds. The van der Waals surface area contributed by atoms with Crippen molar-refractivity contribution < 1.29 is 19.5 Å². The number of hydrogen-bond donors (Lipinski definition) is 3. The van der Waals surface area contributed by atoms with Crippen molar-refractivity contribution in [1.29, 1.82) is 0 Å². The molecule has 0 aromatic heterocycles. The predicted molar refractivity (Wildman–Crippen MR) is 106 cm³/mol. The quantitative estimate of drug-likeness (QED) is 0.596. The van der Waals surface area contributed by atoms with Crippen LogP contribution in [0.3, 0.4) is 0 Å². The Hall–Kier alpha value is -3.41. The van der Waals surface area contributed by atoms with Crippen LogP contribution in [-0.2, 0) is 20.8 Å². The lowest BCUT2D eigenvalue weighted by molar-refractivity contribution is -0.142. The number of carboxylic acid groups (broad SMARTS) is 1. The number of carbonyl (C=O) groups is 3. The van der Waals surface area contributed by atoms with Crippen LogP contribution in [0.2, 0.25) is 0 Å². The summed E-state index contributed by atoms with van der Waals surface area (Å²) in [5.41, 5.74) is 0.886. The monoisotopic (exact) mass is 376 g/mol. The molecule has 0 unspecified atom stereocenters. The van der Waals surface area contributed by atoms with E-state index < -0.39 is 24.0 Å². The molecule has 0 spiro atoms. The first kappa shape index (κ1) is 18.0. The van der Waals surface area contributed by atoms with Gasteiger partial charge in [0, 0.05) is 12.8 Å². The van der Waals surface area contributed by atoms with Crippen molar-refractivity contribution >= 4 is 39.3 Å². The number of benzene rings is 3. The van der Waals surface area contributed by atoms with Crippen molar-refractivity contribution in [3.63, 3.8) is 0 Å². The molecule has 142 valence electrons. The van der Waals surface area contributed by atoms with Gasteiger partial charge in [-0.2, -0.15) is 0 Å². The smallest absolute Gasteiger partial charge is 0.326 e. The average molecular weight is 376 g/mol. The molecular weight excluding hydrogens is 356 g/mol. The standard InChI is InChI=1S/C22H20N2O4/c25-20-10-9-18(23-20)21(26)24-19(22(27)28)12-17-15-7-3-1-5-13(15)11-14-6-2-4-8-16(14)17/h1-8,11,18-19H,9-10,12H2,(H,23,25)(H,24,26)(H,27,28)/t18-,19-/m0/s1. The molecule has 6 heteroatoms. The van der Waals surface area contributed by atoms with Crippen LogP contribution < -0.4 is 10.6 Å². The Kier molecular flexibility index (Phi) is 4.69. The Morgan fingerprint density at radius 3 is 2.21 bits per heavy atom. The molecule has 3 aromatic rings. The highest BCUT2D eigenvalue weighted by atomic mass is 16.4. The maximum atomic E-state index is 12.4. The van der Waals surface area contributed by atoms with Gasteiger partial charge < -0.3 is 15.7 Å². The minimum absolute atomic E-state index is 0.156. The van der Waals surface area contributed by atoms with Crippen LogP contribution in [-0.4, -0.2) is 35.0 Å². The summed E-state index contributed by atoms with van der Waals surface area (Å²) >= 11 is 0. The maximum absolute atomic E-state index is 12.4. The zero-order chi connectivity index (χ0) is 19.7. The zero-order valence-electron chi connectivity index (χ0n) is 15.1. The Morgan fingerprint density at radius 2 is 1.68 bits per heavy atom. The van der Waals surface area contributed by atoms with Gasteiger partial charge in [-0.15, -0.1) is 0 Å². The highest BCUT2D eigenvalue weighted by molar-refractivity contribution is 6.03. The molecule has 3 aromatic carbocycles. The van der Waals surface area contributed by atoms with E-state index >= 15 is 0 Å². The van der Waals surface area contributed by atoms with Crippen LogP contribution in [0, 0.1) is 0 Å². The molecule has 4 rings (SSSR count). The fourth-order valence-electron chi connectivity index (χ4n) is 3.82. The predicted octanol–water partition coefficient (Wildman–Crippen LogP) is 2.38. The van der Waals surface area contributed by atoms with Crippen LogP contribution in [0.25, 0.3) is 21.5 Å². The van der Waals surface area contributed by atoms with Gasteiger partial charge >= 0.3 is 5.97 Å². The first-order chi connectivity index (χ1) is 13.5. The topological polar surface area (TPSA) is 95.5 Å². The number of aliphatic carboxylic acids is 1. The molecule has 0 saturated carbocycles. The fourth-order valence-corrected chi connectivity index (χ4v) is 3.82. The van der Waals surface area contributed by atoms with E-state index in [0.717, 1.165) is 27.1 Å². The molecule has 0 bridgehead atoms. The summed E-state index contributed by atoms with van der Waals surface area (Å²) in [7, 11) is 0. The van der Waals surface area contributed by atoms with Crippen molar-refractivity contribution in [3.05, 3.63) is 60.2 Å². The first-order valence-corrected chi connectivity index (χ1v) is 9.25. The van der Waals surface area contributed by atoms with E-state index in [4.69, 9.17) is 0 Å². The molecular formula is C22H20N2O4. The molecule has 1 aliphatic rings. The third-order valence-electron chi connectivity index (χ3n) is 5.22. The van der Waals surface area contributed by atoms with Gasteiger partial charge in [-0.25, -0.2) is 4.79 Å². The highest BCUT2D eigenvalue weighted by Crippen LogP contribution is 2.29. The second kappa shape index (κ2) is 7.31. The lowest BCUT2D eigenvalue weighted by Gasteiger charge is -2.19. The first-order valence-electron chi connectivity index (χ1n) is 9.25. The summed E-state index contributed by atoms with van der Waals surface area (Å²) in [4.78, 5) is 35.7. The van der Waals surface area contributed by atoms with Gasteiger partial charge in [0.1, 0.15) is 12.1 Å². The maximum Gasteiger partial charge on any atom is 0.326 e. The van der Waals surface area contributed by atoms with Crippen molar-refractivity contribution in [2.75, 3.05) is 0 Å². The largest absolute Gasteiger partial charge is 0.480 e. The molecule has 3 N–H and O–H groups in total. The van der Waals surface area contributed by atoms with E-state index in [1.54, 1.807) is 0 Å². The normalized spacial score (nSPS) is 17.4. The number of fused-ring (bicyclic) bond motifs is 2. The van der Waals surface area contributed by atoms with Crippen molar-refractivity contribution in [2.24, 2.45) is 0 Å². The van der Waals surface area contributed by atoms with Crippen LogP contribution in [0.5, 0.6) is 0 Å². The number of nitrogens with one attached hydrogen (secondary N) is 2. The molecule has 1 aliphatic heterocycles. The molecule has 1 saturated heterocycles. The van der Waals surface area contributed by atoms with Crippen molar-refractivity contribution in [2.45, 2.75) is 31.3 Å². The van der Waals surface area contributed by atoms with E-state index in [1.807, 2.05) is 48.5 Å². The zero-order valence-corrected chi connectivity index (χ0v) is 15.1. The van der Waals surface area contributed by atoms with E-state index in [0.29, 0.717) is 6.42 Å². The summed E-state index contributed by atoms with van der Waals surface area (Å²) in [6.07, 6.45) is 0.821. The van der Waals surface area contributed by atoms with Crippen LogP contribution in [0.1, 0.15) is 18.4 Å². The van der Waals surface area contributed by atoms with Crippen LogP contribution in [0.4, 0.5) is 0 Å². The van der Waals surface area contributed by atoms with Gasteiger partial charge in [0.05, 0.1) is 0 Å². The minimum atomic E-state index is -1.10. The van der Waals surface area contributed by atoms with Gasteiger partial charge in [-0.1, -0.05) is 48.5 Å². The number of carboxylic acids is 1. The van der Waals surface area contributed by atoms with Crippen LogP contribution >= 0.6 is 0 Å². The van der Waals surface area contributed by atoms with Crippen molar-refractivity contribution in [3.8, 4) is 0 Å². The third-order valence-corrected chi connectivity index (χ3v) is 5.22. The van der Waals surface area contributed by atoms with Crippen LogP contribution in [0.15, 0.2) is 54.6 Å². The van der Waals surface area contributed by atoms with Crippen molar-refractivity contribution in [1.82, 2.24) is 10.6 Å². The Labute approximate surface area is 161 Å². The Morgan fingerprint density at radius 1 is 1.07 bits per heavy atom. The molecule has 0 aliphatic carbocycles. The average Bonchev–Trinajstić information content (AvgIpc) is 3.13. The summed E-state index contributed by atoms with van der Waals surface area (Å²) in [6.45, 7) is 0. The number of rotatable bonds is 5. The van der Waals surface area contributed by atoms with E-state index in [2.05, 4.69) is 16.7 Å². The van der Waals surface area contributed by atoms with Gasteiger partial charge in [0.25, 0.3) is 0 Å². The van der Waals surface area contributed by atoms with E-state index in [9.17, 15) is 19.5 Å². The number of carbonyl (C=O) groups excluding carboxylic acids is 2. The molecule has 1 fully saturated rings. The van der Waals surface area contributed by atoms with Gasteiger partial charge in [0.2, 0.25) is 11.8 Å². The van der Waals surface area contributed by atoms with Gasteiger partial charge in [0.15, 0.2) is 0 Å². The van der Waals surface area contributed by atoms with E-state index in [1.165, 1.54) is 0 Å². The van der Waals surface area contributed by atoms with Gasteiger partial charge in [-0.3, -0.25) is 9.59 Å². The number of amides is 2. The molecule has 0 radical (unpaired) electrons. The number of hydrogen-bond acceptors (Lipinski definition) is 3. The SMILES string of the molecule is O=C1CC[C@@H](C(=O)N[C@@H](Cc2c3ccccc3cc3ccccc23)C(=O)O)N1. The highest BCUT2D eigenvalue weighted by Gasteiger charge is 2.31. The molecule has 28 heavy (non-hydrogen) atoms. The minimum Gasteiger partial charge on any atom is -0.480 e. The second-order valence-corrected chi connectivity index (χ2v) is 7.06. The molecule has 6 nitrogen and oxygen atoms in total. The summed E-state index contributed by atoms with van der Waals surface area (Å²) < 4.78 is 0. The third kappa shape index (κ3) is 3.41. The van der Waals surface area contributed by atoms with Gasteiger partial charge in [-0.05, 0) is 39.6 Å².